The maximum atomic E-state index is 15.2. The highest BCUT2D eigenvalue weighted by Gasteiger charge is 2.74. The van der Waals surface area contributed by atoms with E-state index >= 15 is 4.79 Å². The number of aliphatic hydroxyl groups excluding tert-OH is 1. The third-order valence-electron chi connectivity index (χ3n) is 10.1. The zero-order chi connectivity index (χ0) is 33.4. The SMILES string of the molecule is C=C(C)CCC(CC12CC(CC=C(C)C)C(C)(C)C(CC=C(C)C)(C(=O)/C(=C(/O)c3ccc(O)c(O)c3)C1=O)C2=O)C(=C)C. The van der Waals surface area contributed by atoms with Gasteiger partial charge in [-0.25, -0.2) is 0 Å². The molecule has 0 spiro atoms. The molecule has 4 unspecified atom stereocenters. The summed E-state index contributed by atoms with van der Waals surface area (Å²) >= 11 is 0. The fourth-order valence-corrected chi connectivity index (χ4v) is 7.19. The molecule has 2 aliphatic rings. The second-order valence-electron chi connectivity index (χ2n) is 14.3. The van der Waals surface area contributed by atoms with E-state index in [1.165, 1.54) is 12.1 Å². The minimum Gasteiger partial charge on any atom is -0.506 e. The van der Waals surface area contributed by atoms with Crippen LogP contribution in [-0.2, 0) is 14.4 Å². The zero-order valence-corrected chi connectivity index (χ0v) is 27.8. The zero-order valence-electron chi connectivity index (χ0n) is 27.8. The summed E-state index contributed by atoms with van der Waals surface area (Å²) in [5.74, 6) is -3.61. The van der Waals surface area contributed by atoms with Crippen molar-refractivity contribution >= 4 is 23.1 Å². The molecule has 4 atom stereocenters. The van der Waals surface area contributed by atoms with Crippen LogP contribution in [0.2, 0.25) is 0 Å². The number of benzene rings is 1. The molecule has 0 aliphatic heterocycles. The number of carbonyl (C=O) groups excluding carboxylic acids is 3. The number of aliphatic hydroxyl groups is 1. The van der Waals surface area contributed by atoms with Gasteiger partial charge in [-0.05, 0) is 116 Å². The molecule has 3 N–H and O–H groups in total. The van der Waals surface area contributed by atoms with Gasteiger partial charge in [-0.15, -0.1) is 6.58 Å². The molecular weight excluding hydrogens is 552 g/mol. The van der Waals surface area contributed by atoms with Gasteiger partial charge in [0.05, 0.1) is 5.41 Å². The normalized spacial score (nSPS) is 26.1. The lowest BCUT2D eigenvalue weighted by molar-refractivity contribution is -0.177. The molecule has 2 bridgehead atoms. The Morgan fingerprint density at radius 2 is 1.57 bits per heavy atom. The van der Waals surface area contributed by atoms with Gasteiger partial charge < -0.3 is 15.3 Å². The minimum atomic E-state index is -1.62. The van der Waals surface area contributed by atoms with Crippen LogP contribution < -0.4 is 0 Å². The van der Waals surface area contributed by atoms with Crippen molar-refractivity contribution in [1.82, 2.24) is 0 Å². The Morgan fingerprint density at radius 1 is 0.955 bits per heavy atom. The van der Waals surface area contributed by atoms with Gasteiger partial charge in [0.2, 0.25) is 0 Å². The maximum Gasteiger partial charge on any atom is 0.184 e. The van der Waals surface area contributed by atoms with E-state index in [2.05, 4.69) is 19.2 Å². The number of fused-ring (bicyclic) bond motifs is 2. The highest BCUT2D eigenvalue weighted by atomic mass is 16.3. The van der Waals surface area contributed by atoms with Crippen LogP contribution >= 0.6 is 0 Å². The number of hydrogen-bond acceptors (Lipinski definition) is 6. The summed E-state index contributed by atoms with van der Waals surface area (Å²) in [6.45, 7) is 23.8. The number of rotatable bonds is 11. The standard InChI is InChI=1S/C38H50O6/c1-22(2)11-13-27(25(7)8)20-37-21-28(15-12-23(3)4)36(9,10)38(35(37)44,18-17-24(5)6)34(43)31(33(37)42)32(41)26-14-16-29(39)30(40)19-26/h12,14,16-17,19,27-28,39-41H,1,7,11,13,15,18,20-21H2,2-6,8-10H3/b32-31+. The van der Waals surface area contributed by atoms with Gasteiger partial charge >= 0.3 is 0 Å². The van der Waals surface area contributed by atoms with E-state index in [-0.39, 0.29) is 42.4 Å². The Morgan fingerprint density at radius 3 is 2.09 bits per heavy atom. The van der Waals surface area contributed by atoms with E-state index in [1.807, 2.05) is 61.5 Å². The Balaban J connectivity index is 2.45. The third kappa shape index (κ3) is 6.00. The van der Waals surface area contributed by atoms with E-state index in [9.17, 15) is 24.9 Å². The monoisotopic (exact) mass is 602 g/mol. The van der Waals surface area contributed by atoms with Crippen molar-refractivity contribution < 1.29 is 29.7 Å². The minimum absolute atomic E-state index is 0.00886. The van der Waals surface area contributed by atoms with Crippen LogP contribution in [0.25, 0.3) is 5.76 Å². The van der Waals surface area contributed by atoms with Crippen LogP contribution in [0.5, 0.6) is 11.5 Å². The molecule has 6 nitrogen and oxygen atoms in total. The average Bonchev–Trinajstić information content (AvgIpc) is 2.91. The highest BCUT2D eigenvalue weighted by Crippen LogP contribution is 2.66. The molecule has 0 saturated heterocycles. The second kappa shape index (κ2) is 12.7. The molecule has 238 valence electrons. The fraction of sp³-hybridized carbons (Fsp3) is 0.500. The Labute approximate surface area is 263 Å². The molecule has 2 saturated carbocycles. The van der Waals surface area contributed by atoms with E-state index in [4.69, 9.17) is 0 Å². The molecule has 2 fully saturated rings. The van der Waals surface area contributed by atoms with Gasteiger partial charge in [-0.1, -0.05) is 54.9 Å². The molecule has 2 aliphatic carbocycles. The van der Waals surface area contributed by atoms with Gasteiger partial charge in [0.15, 0.2) is 28.8 Å². The third-order valence-corrected chi connectivity index (χ3v) is 10.1. The summed E-state index contributed by atoms with van der Waals surface area (Å²) in [6, 6.07) is 3.64. The summed E-state index contributed by atoms with van der Waals surface area (Å²) in [6.07, 6.45) is 6.46. The first kappa shape index (κ1) is 34.8. The molecule has 0 amide bonds. The number of phenolic OH excluding ortho intramolecular Hbond substituents is 2. The molecule has 0 aromatic heterocycles. The number of phenols is 2. The van der Waals surface area contributed by atoms with Crippen LogP contribution in [0.1, 0.15) is 99.5 Å². The number of aromatic hydroxyl groups is 2. The Hall–Kier alpha value is -3.67. The predicted molar refractivity (Wildman–Crippen MR) is 176 cm³/mol. The average molecular weight is 603 g/mol. The van der Waals surface area contributed by atoms with Crippen LogP contribution in [0, 0.1) is 28.1 Å². The number of carbonyl (C=O) groups is 3. The van der Waals surface area contributed by atoms with Crippen molar-refractivity contribution in [1.29, 1.82) is 0 Å². The van der Waals surface area contributed by atoms with Gasteiger partial charge in [0.25, 0.3) is 0 Å². The number of hydrogen-bond donors (Lipinski definition) is 3. The smallest absolute Gasteiger partial charge is 0.184 e. The summed E-state index contributed by atoms with van der Waals surface area (Å²) in [5.41, 5.74) is -0.587. The molecular formula is C38H50O6. The Bertz CT molecular complexity index is 1480. The van der Waals surface area contributed by atoms with E-state index < -0.39 is 50.6 Å². The second-order valence-corrected chi connectivity index (χ2v) is 14.3. The lowest BCUT2D eigenvalue weighted by Gasteiger charge is -2.60. The van der Waals surface area contributed by atoms with Gasteiger partial charge in [-0.2, -0.15) is 0 Å². The van der Waals surface area contributed by atoms with Gasteiger partial charge in [0, 0.05) is 5.56 Å². The first-order valence-corrected chi connectivity index (χ1v) is 15.5. The molecule has 1 aromatic rings. The van der Waals surface area contributed by atoms with Crippen molar-refractivity contribution in [2.24, 2.45) is 28.1 Å². The molecule has 3 rings (SSSR count). The topological polar surface area (TPSA) is 112 Å². The van der Waals surface area contributed by atoms with Gasteiger partial charge in [0.1, 0.15) is 16.7 Å². The van der Waals surface area contributed by atoms with Gasteiger partial charge in [-0.3, -0.25) is 14.4 Å². The predicted octanol–water partition coefficient (Wildman–Crippen LogP) is 8.76. The first-order chi connectivity index (χ1) is 20.3. The van der Waals surface area contributed by atoms with Crippen molar-refractivity contribution in [3.63, 3.8) is 0 Å². The highest BCUT2D eigenvalue weighted by molar-refractivity contribution is 6.41. The fourth-order valence-electron chi connectivity index (χ4n) is 7.19. The van der Waals surface area contributed by atoms with E-state index in [0.717, 1.165) is 28.4 Å². The molecule has 44 heavy (non-hydrogen) atoms. The van der Waals surface area contributed by atoms with E-state index in [1.54, 1.807) is 0 Å². The number of Topliss-reactive ketones (excluding diaryl/α,β-unsaturated/α-hetero) is 3. The number of ketones is 3. The molecule has 1 aromatic carbocycles. The summed E-state index contributed by atoms with van der Waals surface area (Å²) in [4.78, 5) is 44.9. The van der Waals surface area contributed by atoms with Crippen LogP contribution in [0.15, 0.2) is 71.4 Å². The van der Waals surface area contributed by atoms with Crippen molar-refractivity contribution in [2.75, 3.05) is 0 Å². The van der Waals surface area contributed by atoms with Crippen LogP contribution in [0.4, 0.5) is 0 Å². The molecule has 0 radical (unpaired) electrons. The first-order valence-electron chi connectivity index (χ1n) is 15.5. The quantitative estimate of drug-likeness (QED) is 0.0583. The maximum absolute atomic E-state index is 15.2. The molecule has 6 heteroatoms. The lowest BCUT2D eigenvalue weighted by atomic mass is 9.38. The van der Waals surface area contributed by atoms with Crippen molar-refractivity contribution in [3.05, 3.63) is 76.9 Å². The van der Waals surface area contributed by atoms with Crippen LogP contribution in [-0.4, -0.2) is 32.7 Å². The summed E-state index contributed by atoms with van der Waals surface area (Å²) in [7, 11) is 0. The summed E-state index contributed by atoms with van der Waals surface area (Å²) < 4.78 is 0. The summed E-state index contributed by atoms with van der Waals surface area (Å²) in [5, 5.41) is 31.7. The number of allylic oxidation sites excluding steroid dienone is 7. The Kier molecular flexibility index (Phi) is 10.1. The van der Waals surface area contributed by atoms with Crippen LogP contribution in [0.3, 0.4) is 0 Å². The largest absolute Gasteiger partial charge is 0.506 e. The van der Waals surface area contributed by atoms with Crippen molar-refractivity contribution in [3.8, 4) is 11.5 Å². The van der Waals surface area contributed by atoms with E-state index in [0.29, 0.717) is 19.3 Å². The lowest BCUT2D eigenvalue weighted by Crippen LogP contribution is -2.69. The molecule has 0 heterocycles. The van der Waals surface area contributed by atoms with Crippen molar-refractivity contribution in [2.45, 2.75) is 93.9 Å².